The van der Waals surface area contributed by atoms with Crippen LogP contribution in [-0.2, 0) is 6.54 Å². The summed E-state index contributed by atoms with van der Waals surface area (Å²) in [6.07, 6.45) is 6.90. The number of hydrogen-bond acceptors (Lipinski definition) is 2. The number of nitrogens with zero attached hydrogens (tertiary/aromatic N) is 3. The molecule has 1 saturated heterocycles. The second-order valence-electron chi connectivity index (χ2n) is 8.87. The Labute approximate surface area is 190 Å². The zero-order valence-corrected chi connectivity index (χ0v) is 19.1. The van der Waals surface area contributed by atoms with Crippen molar-refractivity contribution in [2.24, 2.45) is 0 Å². The first-order chi connectivity index (χ1) is 15.1. The van der Waals surface area contributed by atoms with Gasteiger partial charge in [-0.3, -0.25) is 4.98 Å². The number of thiocarbonyl (C=S) groups is 1. The number of benzene rings is 1. The quantitative estimate of drug-likeness (QED) is 0.545. The van der Waals surface area contributed by atoms with Gasteiger partial charge in [-0.25, -0.2) is 0 Å². The van der Waals surface area contributed by atoms with Gasteiger partial charge in [-0.15, -0.1) is 0 Å². The normalized spacial score (nSPS) is 21.6. The molecule has 0 unspecified atom stereocenters. The fraction of sp³-hybridized carbons (Fsp3) is 0.385. The smallest absolute Gasteiger partial charge is 0.170 e. The fourth-order valence-electron chi connectivity index (χ4n) is 5.41. The van der Waals surface area contributed by atoms with Crippen LogP contribution < -0.4 is 5.32 Å². The van der Waals surface area contributed by atoms with Crippen molar-refractivity contribution in [1.82, 2.24) is 19.8 Å². The number of nitrogens with one attached hydrogen (secondary N) is 1. The summed E-state index contributed by atoms with van der Waals surface area (Å²) in [5.74, 6) is 0. The average Bonchev–Trinajstić information content (AvgIpc) is 3.50. The molecule has 1 N–H and O–H groups in total. The van der Waals surface area contributed by atoms with Crippen LogP contribution in [0.2, 0.25) is 0 Å². The predicted molar refractivity (Wildman–Crippen MR) is 129 cm³/mol. The standard InChI is InChI=1S/C26H30N4S/c1-18-16-22(19(2)29(18)17-20-10-4-3-5-11-20)25-24(23-14-8-9-15-27-23)28-26(31)30(25)21-12-6-7-13-21/h3-5,8-11,14-16,21,24-25H,6-7,12-13,17H2,1-2H3,(H,28,31)/t24-,25-/m1/s1. The molecule has 1 aliphatic carbocycles. The highest BCUT2D eigenvalue weighted by Crippen LogP contribution is 2.44. The highest BCUT2D eigenvalue weighted by molar-refractivity contribution is 7.80. The van der Waals surface area contributed by atoms with E-state index in [4.69, 9.17) is 17.2 Å². The third-order valence-corrected chi connectivity index (χ3v) is 7.30. The van der Waals surface area contributed by atoms with Crippen molar-refractivity contribution in [3.63, 3.8) is 0 Å². The Morgan fingerprint density at radius 3 is 2.48 bits per heavy atom. The van der Waals surface area contributed by atoms with Crippen LogP contribution in [-0.4, -0.2) is 25.6 Å². The highest BCUT2D eigenvalue weighted by Gasteiger charge is 2.44. The second kappa shape index (κ2) is 8.46. The summed E-state index contributed by atoms with van der Waals surface area (Å²) in [5, 5.41) is 4.51. The van der Waals surface area contributed by atoms with Crippen molar-refractivity contribution in [3.8, 4) is 0 Å². The molecule has 0 bridgehead atoms. The Hall–Kier alpha value is -2.66. The van der Waals surface area contributed by atoms with Gasteiger partial charge in [-0.2, -0.15) is 0 Å². The van der Waals surface area contributed by atoms with Crippen LogP contribution in [0.3, 0.4) is 0 Å². The van der Waals surface area contributed by atoms with E-state index in [2.05, 4.69) is 77.2 Å². The molecule has 31 heavy (non-hydrogen) atoms. The summed E-state index contributed by atoms with van der Waals surface area (Å²) in [6, 6.07) is 20.0. The van der Waals surface area contributed by atoms with Gasteiger partial charge in [-0.1, -0.05) is 49.2 Å². The lowest BCUT2D eigenvalue weighted by Gasteiger charge is -2.33. The van der Waals surface area contributed by atoms with Gasteiger partial charge in [0.25, 0.3) is 0 Å². The first kappa shape index (κ1) is 20.3. The fourth-order valence-corrected chi connectivity index (χ4v) is 5.80. The first-order valence-electron chi connectivity index (χ1n) is 11.3. The Morgan fingerprint density at radius 1 is 1.03 bits per heavy atom. The van der Waals surface area contributed by atoms with E-state index < -0.39 is 0 Å². The maximum atomic E-state index is 5.90. The number of pyridine rings is 1. The Bertz CT molecular complexity index is 1050. The van der Waals surface area contributed by atoms with E-state index in [1.54, 1.807) is 0 Å². The molecule has 160 valence electrons. The molecule has 5 heteroatoms. The maximum Gasteiger partial charge on any atom is 0.170 e. The number of aryl methyl sites for hydroxylation is 1. The van der Waals surface area contributed by atoms with Crippen molar-refractivity contribution >= 4 is 17.3 Å². The molecular formula is C26H30N4S. The van der Waals surface area contributed by atoms with Crippen molar-refractivity contribution in [2.75, 3.05) is 0 Å². The lowest BCUT2D eigenvalue weighted by Crippen LogP contribution is -2.37. The van der Waals surface area contributed by atoms with Gasteiger partial charge in [0.15, 0.2) is 5.11 Å². The monoisotopic (exact) mass is 430 g/mol. The van der Waals surface area contributed by atoms with Crippen molar-refractivity contribution < 1.29 is 0 Å². The lowest BCUT2D eigenvalue weighted by atomic mass is 9.95. The Kier molecular flexibility index (Phi) is 5.53. The summed E-state index contributed by atoms with van der Waals surface area (Å²) in [7, 11) is 0. The molecule has 0 amide bonds. The molecular weight excluding hydrogens is 400 g/mol. The molecule has 3 heterocycles. The zero-order valence-electron chi connectivity index (χ0n) is 18.3. The molecule has 0 radical (unpaired) electrons. The Balaban J connectivity index is 1.57. The van der Waals surface area contributed by atoms with Gasteiger partial charge in [0.2, 0.25) is 0 Å². The SMILES string of the molecule is Cc1cc([C@@H]2[C@@H](c3ccccn3)NC(=S)N2C2CCCC2)c(C)n1Cc1ccccc1. The van der Waals surface area contributed by atoms with Crippen LogP contribution in [0.5, 0.6) is 0 Å². The molecule has 1 aromatic carbocycles. The first-order valence-corrected chi connectivity index (χ1v) is 11.7. The van der Waals surface area contributed by atoms with E-state index in [0.29, 0.717) is 6.04 Å². The molecule has 3 aromatic rings. The number of aromatic nitrogens is 2. The van der Waals surface area contributed by atoms with Gasteiger partial charge in [0, 0.05) is 30.2 Å². The van der Waals surface area contributed by atoms with Crippen LogP contribution in [0.15, 0.2) is 60.8 Å². The predicted octanol–water partition coefficient (Wildman–Crippen LogP) is 5.46. The Morgan fingerprint density at radius 2 is 1.77 bits per heavy atom. The topological polar surface area (TPSA) is 33.1 Å². The molecule has 5 rings (SSSR count). The van der Waals surface area contributed by atoms with E-state index in [0.717, 1.165) is 17.4 Å². The van der Waals surface area contributed by atoms with Crippen LogP contribution in [0.4, 0.5) is 0 Å². The summed E-state index contributed by atoms with van der Waals surface area (Å²) >= 11 is 5.90. The van der Waals surface area contributed by atoms with E-state index in [-0.39, 0.29) is 12.1 Å². The zero-order chi connectivity index (χ0) is 21.4. The minimum atomic E-state index is 0.0694. The van der Waals surface area contributed by atoms with Crippen LogP contribution in [0.25, 0.3) is 0 Å². The minimum absolute atomic E-state index is 0.0694. The molecule has 1 aliphatic heterocycles. The lowest BCUT2D eigenvalue weighted by molar-refractivity contribution is 0.245. The van der Waals surface area contributed by atoms with Gasteiger partial charge in [0.05, 0.1) is 17.8 Å². The van der Waals surface area contributed by atoms with Crippen molar-refractivity contribution in [3.05, 3.63) is 89.0 Å². The molecule has 2 fully saturated rings. The van der Waals surface area contributed by atoms with Crippen LogP contribution in [0.1, 0.15) is 66.0 Å². The van der Waals surface area contributed by atoms with Gasteiger partial charge in [0.1, 0.15) is 0 Å². The van der Waals surface area contributed by atoms with E-state index in [9.17, 15) is 0 Å². The molecule has 2 aromatic heterocycles. The molecule has 0 spiro atoms. The highest BCUT2D eigenvalue weighted by atomic mass is 32.1. The van der Waals surface area contributed by atoms with Gasteiger partial charge < -0.3 is 14.8 Å². The van der Waals surface area contributed by atoms with Crippen molar-refractivity contribution in [1.29, 1.82) is 0 Å². The number of hydrogen-bond donors (Lipinski definition) is 1. The summed E-state index contributed by atoms with van der Waals surface area (Å²) < 4.78 is 2.44. The number of rotatable bonds is 5. The van der Waals surface area contributed by atoms with Crippen molar-refractivity contribution in [2.45, 2.75) is 64.2 Å². The van der Waals surface area contributed by atoms with E-state index >= 15 is 0 Å². The van der Waals surface area contributed by atoms with E-state index in [1.807, 2.05) is 12.3 Å². The molecule has 2 atom stereocenters. The largest absolute Gasteiger partial charge is 0.352 e. The van der Waals surface area contributed by atoms with E-state index in [1.165, 1.54) is 48.2 Å². The molecule has 4 nitrogen and oxygen atoms in total. The minimum Gasteiger partial charge on any atom is -0.352 e. The average molecular weight is 431 g/mol. The summed E-state index contributed by atoms with van der Waals surface area (Å²) in [6.45, 7) is 5.37. The third-order valence-electron chi connectivity index (χ3n) is 6.97. The summed E-state index contributed by atoms with van der Waals surface area (Å²) in [5.41, 5.74) is 6.36. The van der Waals surface area contributed by atoms with Crippen LogP contribution >= 0.6 is 12.2 Å². The van der Waals surface area contributed by atoms with Crippen LogP contribution in [0, 0.1) is 13.8 Å². The van der Waals surface area contributed by atoms with Gasteiger partial charge in [-0.05, 0) is 68.2 Å². The summed E-state index contributed by atoms with van der Waals surface area (Å²) in [4.78, 5) is 7.20. The molecule has 2 aliphatic rings. The second-order valence-corrected chi connectivity index (χ2v) is 9.26. The molecule has 1 saturated carbocycles. The maximum absolute atomic E-state index is 5.90. The van der Waals surface area contributed by atoms with Gasteiger partial charge >= 0.3 is 0 Å². The third kappa shape index (κ3) is 3.76.